The molecule has 0 saturated carbocycles. The Kier molecular flexibility index (Phi) is 7.17. The minimum atomic E-state index is -2.54. The van der Waals surface area contributed by atoms with Crippen LogP contribution in [0.25, 0.3) is 0 Å². The molecular weight excluding hydrogens is 270 g/mol. The fourth-order valence-electron chi connectivity index (χ4n) is 1.26. The summed E-state index contributed by atoms with van der Waals surface area (Å²) >= 11 is 0. The molecule has 0 bridgehead atoms. The van der Waals surface area contributed by atoms with Gasteiger partial charge in [-0.1, -0.05) is 11.8 Å². The van der Waals surface area contributed by atoms with Gasteiger partial charge < -0.3 is 15.2 Å². The van der Waals surface area contributed by atoms with E-state index in [0.717, 1.165) is 0 Å². The number of nitrogens with zero attached hydrogens (tertiary/aromatic N) is 1. The van der Waals surface area contributed by atoms with Gasteiger partial charge in [0.2, 0.25) is 5.91 Å². The van der Waals surface area contributed by atoms with E-state index >= 15 is 0 Å². The van der Waals surface area contributed by atoms with Crippen LogP contribution in [0.4, 0.5) is 14.6 Å². The van der Waals surface area contributed by atoms with Crippen molar-refractivity contribution in [2.24, 2.45) is 0 Å². The normalized spacial score (nSPS) is 10.0. The molecule has 0 atom stereocenters. The number of hydrogen-bond acceptors (Lipinski definition) is 4. The van der Waals surface area contributed by atoms with E-state index in [1.165, 1.54) is 6.20 Å². The highest BCUT2D eigenvalue weighted by molar-refractivity contribution is 5.89. The molecule has 108 valence electrons. The third kappa shape index (κ3) is 6.78. The maximum absolute atomic E-state index is 11.8. The zero-order chi connectivity index (χ0) is 14.8. The van der Waals surface area contributed by atoms with Gasteiger partial charge in [0, 0.05) is 11.8 Å². The van der Waals surface area contributed by atoms with Crippen molar-refractivity contribution in [3.8, 4) is 11.8 Å². The van der Waals surface area contributed by atoms with Gasteiger partial charge in [-0.3, -0.25) is 4.79 Å². The van der Waals surface area contributed by atoms with E-state index in [4.69, 9.17) is 5.11 Å². The molecule has 5 nitrogen and oxygen atoms in total. The maximum Gasteiger partial charge on any atom is 0.261 e. The van der Waals surface area contributed by atoms with E-state index < -0.39 is 13.0 Å². The number of amides is 1. The van der Waals surface area contributed by atoms with Crippen LogP contribution < -0.4 is 5.32 Å². The summed E-state index contributed by atoms with van der Waals surface area (Å²) in [6, 6.07) is 3.17. The zero-order valence-corrected chi connectivity index (χ0v) is 10.6. The van der Waals surface area contributed by atoms with Gasteiger partial charge in [0.1, 0.15) is 19.0 Å². The summed E-state index contributed by atoms with van der Waals surface area (Å²) in [5, 5.41) is 11.1. The Bertz CT molecular complexity index is 498. The van der Waals surface area contributed by atoms with Crippen LogP contribution in [0.1, 0.15) is 12.0 Å². The second kappa shape index (κ2) is 8.96. The maximum atomic E-state index is 11.8. The smallest absolute Gasteiger partial charge is 0.261 e. The molecule has 2 N–H and O–H groups in total. The Morgan fingerprint density at radius 1 is 1.55 bits per heavy atom. The highest BCUT2D eigenvalue weighted by atomic mass is 19.3. The van der Waals surface area contributed by atoms with Crippen molar-refractivity contribution in [3.63, 3.8) is 0 Å². The molecule has 0 saturated heterocycles. The van der Waals surface area contributed by atoms with Gasteiger partial charge in [-0.25, -0.2) is 13.8 Å². The standard InChI is InChI=1S/C13H14F2N2O3/c14-11(15)9-20-7-4-13(19)17-12-8-10(2-1-6-18)3-5-16-12/h3,5,8,11,18H,4,6-7,9H2,(H,16,17,19). The predicted octanol–water partition coefficient (Wildman–Crippen LogP) is 1.04. The fourth-order valence-corrected chi connectivity index (χ4v) is 1.26. The van der Waals surface area contributed by atoms with Crippen LogP contribution in [0, 0.1) is 11.8 Å². The van der Waals surface area contributed by atoms with E-state index in [9.17, 15) is 13.6 Å². The number of carbonyl (C=O) groups is 1. The second-order valence-electron chi connectivity index (χ2n) is 3.65. The van der Waals surface area contributed by atoms with Crippen LogP contribution in [0.3, 0.4) is 0 Å². The van der Waals surface area contributed by atoms with Gasteiger partial charge in [0.15, 0.2) is 0 Å². The molecule has 0 aliphatic heterocycles. The number of pyridine rings is 1. The number of aliphatic hydroxyl groups excluding tert-OH is 1. The molecule has 0 spiro atoms. The van der Waals surface area contributed by atoms with Crippen LogP contribution >= 0.6 is 0 Å². The third-order valence-electron chi connectivity index (χ3n) is 2.06. The molecule has 1 heterocycles. The second-order valence-corrected chi connectivity index (χ2v) is 3.65. The summed E-state index contributed by atoms with van der Waals surface area (Å²) in [5.74, 6) is 5.05. The number of carbonyl (C=O) groups excluding carboxylic acids is 1. The molecule has 0 aliphatic rings. The summed E-state index contributed by atoms with van der Waals surface area (Å²) in [7, 11) is 0. The molecule has 1 rings (SSSR count). The first-order chi connectivity index (χ1) is 9.61. The Balaban J connectivity index is 2.41. The molecular formula is C13H14F2N2O3. The minimum absolute atomic E-state index is 0.0407. The number of alkyl halides is 2. The number of ether oxygens (including phenoxy) is 1. The average Bonchev–Trinajstić information content (AvgIpc) is 2.41. The molecule has 0 aromatic carbocycles. The predicted molar refractivity (Wildman–Crippen MR) is 68.3 cm³/mol. The lowest BCUT2D eigenvalue weighted by Gasteiger charge is -2.05. The van der Waals surface area contributed by atoms with Gasteiger partial charge in [-0.05, 0) is 12.1 Å². The van der Waals surface area contributed by atoms with Gasteiger partial charge in [-0.15, -0.1) is 0 Å². The van der Waals surface area contributed by atoms with Crippen LogP contribution in [0.5, 0.6) is 0 Å². The molecule has 1 aromatic rings. The van der Waals surface area contributed by atoms with Crippen LogP contribution in [-0.2, 0) is 9.53 Å². The Hall–Kier alpha value is -2.04. The number of rotatable bonds is 6. The number of halogens is 2. The van der Waals surface area contributed by atoms with E-state index in [1.54, 1.807) is 12.1 Å². The quantitative estimate of drug-likeness (QED) is 0.605. The molecule has 1 amide bonds. The fraction of sp³-hybridized carbons (Fsp3) is 0.385. The topological polar surface area (TPSA) is 71.5 Å². The van der Waals surface area contributed by atoms with Crippen molar-refractivity contribution in [1.29, 1.82) is 0 Å². The lowest BCUT2D eigenvalue weighted by atomic mass is 10.2. The zero-order valence-electron chi connectivity index (χ0n) is 10.6. The van der Waals surface area contributed by atoms with Crippen molar-refractivity contribution >= 4 is 11.7 Å². The first kappa shape index (κ1) is 16.0. The summed E-state index contributed by atoms with van der Waals surface area (Å²) in [6.45, 7) is -1.02. The van der Waals surface area contributed by atoms with Crippen LogP contribution in [-0.4, -0.2) is 42.2 Å². The molecule has 20 heavy (non-hydrogen) atoms. The Morgan fingerprint density at radius 3 is 3.05 bits per heavy atom. The number of anilines is 1. The molecule has 7 heteroatoms. The summed E-state index contributed by atoms with van der Waals surface area (Å²) in [4.78, 5) is 15.4. The summed E-state index contributed by atoms with van der Waals surface area (Å²) in [5.41, 5.74) is 0.596. The highest BCUT2D eigenvalue weighted by Crippen LogP contribution is 2.06. The Labute approximate surface area is 115 Å². The average molecular weight is 284 g/mol. The highest BCUT2D eigenvalue weighted by Gasteiger charge is 2.06. The third-order valence-corrected chi connectivity index (χ3v) is 2.06. The van der Waals surface area contributed by atoms with E-state index in [2.05, 4.69) is 26.9 Å². The lowest BCUT2D eigenvalue weighted by molar-refractivity contribution is -0.117. The molecule has 0 unspecified atom stereocenters. The van der Waals surface area contributed by atoms with E-state index in [-0.39, 0.29) is 25.5 Å². The number of aromatic nitrogens is 1. The number of hydrogen-bond donors (Lipinski definition) is 2. The molecule has 1 aromatic heterocycles. The van der Waals surface area contributed by atoms with Gasteiger partial charge in [-0.2, -0.15) is 0 Å². The largest absolute Gasteiger partial charge is 0.384 e. The Morgan fingerprint density at radius 2 is 2.35 bits per heavy atom. The number of aliphatic hydroxyl groups is 1. The molecule has 0 fully saturated rings. The molecule has 0 radical (unpaired) electrons. The van der Waals surface area contributed by atoms with Gasteiger partial charge >= 0.3 is 0 Å². The van der Waals surface area contributed by atoms with Gasteiger partial charge in [0.05, 0.1) is 13.0 Å². The van der Waals surface area contributed by atoms with Crippen LogP contribution in [0.15, 0.2) is 18.3 Å². The monoisotopic (exact) mass is 284 g/mol. The SMILES string of the molecule is O=C(CCOCC(F)F)Nc1cc(C#CCO)ccn1. The van der Waals surface area contributed by atoms with Crippen molar-refractivity contribution in [1.82, 2.24) is 4.98 Å². The lowest BCUT2D eigenvalue weighted by Crippen LogP contribution is -2.16. The van der Waals surface area contributed by atoms with E-state index in [1.807, 2.05) is 0 Å². The van der Waals surface area contributed by atoms with Gasteiger partial charge in [0.25, 0.3) is 6.43 Å². The first-order valence-corrected chi connectivity index (χ1v) is 5.83. The number of nitrogens with one attached hydrogen (secondary N) is 1. The van der Waals surface area contributed by atoms with Crippen molar-refractivity contribution in [2.45, 2.75) is 12.8 Å². The van der Waals surface area contributed by atoms with E-state index in [0.29, 0.717) is 11.4 Å². The minimum Gasteiger partial charge on any atom is -0.384 e. The van der Waals surface area contributed by atoms with Crippen molar-refractivity contribution in [3.05, 3.63) is 23.9 Å². The van der Waals surface area contributed by atoms with Crippen LogP contribution in [0.2, 0.25) is 0 Å². The first-order valence-electron chi connectivity index (χ1n) is 5.83. The summed E-state index contributed by atoms with van der Waals surface area (Å²) in [6.07, 6.45) is -1.12. The van der Waals surface area contributed by atoms with Crippen molar-refractivity contribution in [2.75, 3.05) is 25.1 Å². The molecule has 0 aliphatic carbocycles. The summed E-state index contributed by atoms with van der Waals surface area (Å²) < 4.78 is 28.2. The van der Waals surface area contributed by atoms with Crippen molar-refractivity contribution < 1.29 is 23.4 Å².